The third kappa shape index (κ3) is 2.70. The summed E-state index contributed by atoms with van der Waals surface area (Å²) in [7, 11) is 0. The molecular formula is C17H26N2O. The molecule has 1 aromatic rings. The highest BCUT2D eigenvalue weighted by Crippen LogP contribution is 2.43. The molecule has 20 heavy (non-hydrogen) atoms. The van der Waals surface area contributed by atoms with Gasteiger partial charge in [0.15, 0.2) is 0 Å². The normalized spacial score (nSPS) is 25.5. The van der Waals surface area contributed by atoms with Gasteiger partial charge in [-0.25, -0.2) is 0 Å². The standard InChI is InChI=1S/C17H26N2O/c1-13(2)12-19-9-7-17(8-10-19)11-15(18)14-5-3-4-6-16(14)20-17/h3-6,13,15H,7-12,18H2,1-2H3/t15-/m0/s1. The monoisotopic (exact) mass is 274 g/mol. The predicted molar refractivity (Wildman–Crippen MR) is 81.9 cm³/mol. The van der Waals surface area contributed by atoms with E-state index in [4.69, 9.17) is 10.5 Å². The third-order valence-corrected chi connectivity index (χ3v) is 4.63. The van der Waals surface area contributed by atoms with Gasteiger partial charge < -0.3 is 15.4 Å². The second-order valence-electron chi connectivity index (χ2n) is 6.83. The summed E-state index contributed by atoms with van der Waals surface area (Å²) in [4.78, 5) is 2.56. The lowest BCUT2D eigenvalue weighted by atomic mass is 9.81. The molecule has 1 spiro atoms. The zero-order valence-corrected chi connectivity index (χ0v) is 12.6. The van der Waals surface area contributed by atoms with Gasteiger partial charge in [0.05, 0.1) is 0 Å². The van der Waals surface area contributed by atoms with Crippen molar-refractivity contribution in [2.24, 2.45) is 11.7 Å². The molecule has 1 fully saturated rings. The van der Waals surface area contributed by atoms with E-state index in [9.17, 15) is 0 Å². The summed E-state index contributed by atoms with van der Waals surface area (Å²) in [6.45, 7) is 8.03. The lowest BCUT2D eigenvalue weighted by molar-refractivity contribution is -0.0236. The first-order chi connectivity index (χ1) is 9.58. The average Bonchev–Trinajstić information content (AvgIpc) is 2.41. The minimum atomic E-state index is -0.0265. The van der Waals surface area contributed by atoms with Crippen molar-refractivity contribution in [3.05, 3.63) is 29.8 Å². The average molecular weight is 274 g/mol. The van der Waals surface area contributed by atoms with Crippen LogP contribution in [0.3, 0.4) is 0 Å². The zero-order chi connectivity index (χ0) is 14.2. The van der Waals surface area contributed by atoms with Crippen LogP contribution < -0.4 is 10.5 Å². The molecule has 1 saturated heterocycles. The highest BCUT2D eigenvalue weighted by molar-refractivity contribution is 5.38. The Hall–Kier alpha value is -1.06. The van der Waals surface area contributed by atoms with Crippen LogP contribution in [0.5, 0.6) is 5.75 Å². The van der Waals surface area contributed by atoms with Crippen LogP contribution in [-0.2, 0) is 0 Å². The van der Waals surface area contributed by atoms with Gasteiger partial charge in [0.2, 0.25) is 0 Å². The van der Waals surface area contributed by atoms with Crippen molar-refractivity contribution < 1.29 is 4.74 Å². The molecule has 0 aliphatic carbocycles. The number of rotatable bonds is 2. The quantitative estimate of drug-likeness (QED) is 0.901. The Labute approximate surface area is 122 Å². The van der Waals surface area contributed by atoms with E-state index >= 15 is 0 Å². The number of likely N-dealkylation sites (tertiary alicyclic amines) is 1. The summed E-state index contributed by atoms with van der Waals surface area (Å²) >= 11 is 0. The SMILES string of the molecule is CC(C)CN1CCC2(CC1)C[C@H](N)c1ccccc1O2. The van der Waals surface area contributed by atoms with E-state index in [1.165, 1.54) is 12.1 Å². The fourth-order valence-corrected chi connectivity index (χ4v) is 3.63. The van der Waals surface area contributed by atoms with Crippen LogP contribution in [0.4, 0.5) is 0 Å². The van der Waals surface area contributed by atoms with E-state index in [0.29, 0.717) is 0 Å². The number of hydrogen-bond acceptors (Lipinski definition) is 3. The van der Waals surface area contributed by atoms with E-state index < -0.39 is 0 Å². The first-order valence-corrected chi connectivity index (χ1v) is 7.84. The molecule has 0 aromatic heterocycles. The van der Waals surface area contributed by atoms with Gasteiger partial charge in [0, 0.05) is 37.7 Å². The van der Waals surface area contributed by atoms with E-state index in [-0.39, 0.29) is 11.6 Å². The maximum Gasteiger partial charge on any atom is 0.124 e. The molecule has 3 heteroatoms. The third-order valence-electron chi connectivity index (χ3n) is 4.63. The molecule has 3 rings (SSSR count). The molecule has 0 amide bonds. The van der Waals surface area contributed by atoms with Gasteiger partial charge in [-0.1, -0.05) is 32.0 Å². The fourth-order valence-electron chi connectivity index (χ4n) is 3.63. The fraction of sp³-hybridized carbons (Fsp3) is 0.647. The van der Waals surface area contributed by atoms with Gasteiger partial charge in [-0.05, 0) is 24.8 Å². The predicted octanol–water partition coefficient (Wildman–Crippen LogP) is 2.96. The topological polar surface area (TPSA) is 38.5 Å². The Morgan fingerprint density at radius 3 is 2.70 bits per heavy atom. The Morgan fingerprint density at radius 2 is 2.00 bits per heavy atom. The summed E-state index contributed by atoms with van der Waals surface area (Å²) in [6.07, 6.45) is 3.16. The molecule has 3 nitrogen and oxygen atoms in total. The van der Waals surface area contributed by atoms with Crippen LogP contribution in [0.25, 0.3) is 0 Å². The summed E-state index contributed by atoms with van der Waals surface area (Å²) in [5.74, 6) is 1.74. The van der Waals surface area contributed by atoms with Crippen LogP contribution in [-0.4, -0.2) is 30.1 Å². The second-order valence-corrected chi connectivity index (χ2v) is 6.83. The van der Waals surface area contributed by atoms with Crippen molar-refractivity contribution in [1.82, 2.24) is 4.90 Å². The second kappa shape index (κ2) is 5.38. The van der Waals surface area contributed by atoms with E-state index in [2.05, 4.69) is 30.9 Å². The van der Waals surface area contributed by atoms with Crippen molar-refractivity contribution in [3.8, 4) is 5.75 Å². The molecule has 2 heterocycles. The van der Waals surface area contributed by atoms with Crippen LogP contribution >= 0.6 is 0 Å². The van der Waals surface area contributed by atoms with Gasteiger partial charge in [-0.2, -0.15) is 0 Å². The summed E-state index contributed by atoms with van der Waals surface area (Å²) in [5, 5.41) is 0. The smallest absolute Gasteiger partial charge is 0.124 e. The lowest BCUT2D eigenvalue weighted by Gasteiger charge is -2.46. The number of nitrogens with two attached hydrogens (primary N) is 1. The molecular weight excluding hydrogens is 248 g/mol. The van der Waals surface area contributed by atoms with Gasteiger partial charge in [-0.3, -0.25) is 0 Å². The Kier molecular flexibility index (Phi) is 3.74. The first kappa shape index (κ1) is 13.9. The first-order valence-electron chi connectivity index (χ1n) is 7.84. The summed E-state index contributed by atoms with van der Waals surface area (Å²) in [6, 6.07) is 8.37. The van der Waals surface area contributed by atoms with Crippen LogP contribution in [0.15, 0.2) is 24.3 Å². The molecule has 1 aromatic carbocycles. The van der Waals surface area contributed by atoms with Gasteiger partial charge in [0.1, 0.15) is 11.4 Å². The van der Waals surface area contributed by atoms with Crippen LogP contribution in [0.1, 0.15) is 44.7 Å². The van der Waals surface area contributed by atoms with E-state index in [1.807, 2.05) is 12.1 Å². The van der Waals surface area contributed by atoms with Crippen LogP contribution in [0.2, 0.25) is 0 Å². The van der Waals surface area contributed by atoms with Crippen molar-refractivity contribution in [2.45, 2.75) is 44.8 Å². The van der Waals surface area contributed by atoms with Gasteiger partial charge in [0.25, 0.3) is 0 Å². The molecule has 110 valence electrons. The molecule has 0 saturated carbocycles. The summed E-state index contributed by atoms with van der Waals surface area (Å²) < 4.78 is 6.38. The Balaban J connectivity index is 1.71. The van der Waals surface area contributed by atoms with E-state index in [1.54, 1.807) is 0 Å². The molecule has 2 aliphatic heterocycles. The molecule has 2 aliphatic rings. The zero-order valence-electron chi connectivity index (χ0n) is 12.6. The number of ether oxygens (including phenoxy) is 1. The molecule has 0 radical (unpaired) electrons. The number of nitrogens with zero attached hydrogens (tertiary/aromatic N) is 1. The highest BCUT2D eigenvalue weighted by atomic mass is 16.5. The molecule has 2 N–H and O–H groups in total. The number of para-hydroxylation sites is 1. The minimum absolute atomic E-state index is 0.0265. The molecule has 0 bridgehead atoms. The number of benzene rings is 1. The van der Waals surface area contributed by atoms with E-state index in [0.717, 1.165) is 44.0 Å². The highest BCUT2D eigenvalue weighted by Gasteiger charge is 2.42. The van der Waals surface area contributed by atoms with Crippen molar-refractivity contribution in [2.75, 3.05) is 19.6 Å². The van der Waals surface area contributed by atoms with Gasteiger partial charge in [-0.15, -0.1) is 0 Å². The molecule has 1 atom stereocenters. The number of hydrogen-bond donors (Lipinski definition) is 1. The van der Waals surface area contributed by atoms with Crippen molar-refractivity contribution in [1.29, 1.82) is 0 Å². The maximum atomic E-state index is 6.38. The maximum absolute atomic E-state index is 6.38. The Morgan fingerprint density at radius 1 is 1.30 bits per heavy atom. The minimum Gasteiger partial charge on any atom is -0.487 e. The van der Waals surface area contributed by atoms with Crippen molar-refractivity contribution >= 4 is 0 Å². The van der Waals surface area contributed by atoms with Crippen LogP contribution in [0, 0.1) is 5.92 Å². The van der Waals surface area contributed by atoms with Crippen molar-refractivity contribution in [3.63, 3.8) is 0 Å². The number of fused-ring (bicyclic) bond motifs is 1. The molecule has 0 unspecified atom stereocenters. The summed E-state index contributed by atoms with van der Waals surface area (Å²) in [5.41, 5.74) is 7.52. The lowest BCUT2D eigenvalue weighted by Crippen LogP contribution is -2.51. The number of piperidine rings is 1. The Bertz CT molecular complexity index is 464. The largest absolute Gasteiger partial charge is 0.487 e. The van der Waals surface area contributed by atoms with Gasteiger partial charge >= 0.3 is 0 Å².